The lowest BCUT2D eigenvalue weighted by molar-refractivity contribution is 0.147. The van der Waals surface area contributed by atoms with Gasteiger partial charge >= 0.3 is 0 Å². The van der Waals surface area contributed by atoms with Crippen LogP contribution in [0.1, 0.15) is 52.7 Å². The lowest BCUT2D eigenvalue weighted by Gasteiger charge is -2.43. The third kappa shape index (κ3) is 2.14. The largest absolute Gasteiger partial charge is 0.306 e. The third-order valence-corrected chi connectivity index (χ3v) is 4.65. The van der Waals surface area contributed by atoms with Gasteiger partial charge in [0.1, 0.15) is 0 Å². The van der Waals surface area contributed by atoms with Crippen LogP contribution in [0.25, 0.3) is 0 Å². The standard InChI is InChI=1S/C14H24BrN3/c1-5-9-18-12(11(15)10-17-18)14(13(2,3)4)7-6-8-16-14/h10,16H,5-9H2,1-4H3. The van der Waals surface area contributed by atoms with Crippen molar-refractivity contribution in [3.63, 3.8) is 0 Å². The Balaban J connectivity index is 2.53. The molecule has 1 atom stereocenters. The molecular formula is C14H24BrN3. The predicted octanol–water partition coefficient (Wildman–Crippen LogP) is 3.68. The van der Waals surface area contributed by atoms with Crippen LogP contribution in [-0.4, -0.2) is 16.3 Å². The van der Waals surface area contributed by atoms with E-state index in [0.717, 1.165) is 24.0 Å². The van der Waals surface area contributed by atoms with Crippen LogP contribution in [0.5, 0.6) is 0 Å². The number of nitrogens with one attached hydrogen (secondary N) is 1. The van der Waals surface area contributed by atoms with E-state index in [9.17, 15) is 0 Å². The number of aryl methyl sites for hydroxylation is 1. The van der Waals surface area contributed by atoms with Crippen LogP contribution in [0.3, 0.4) is 0 Å². The highest BCUT2D eigenvalue weighted by molar-refractivity contribution is 9.10. The van der Waals surface area contributed by atoms with Crippen molar-refractivity contribution < 1.29 is 0 Å². The van der Waals surface area contributed by atoms with E-state index in [1.807, 2.05) is 6.20 Å². The molecule has 1 aromatic rings. The summed E-state index contributed by atoms with van der Waals surface area (Å²) in [5.74, 6) is 0. The van der Waals surface area contributed by atoms with Gasteiger partial charge in [0.15, 0.2) is 0 Å². The first-order chi connectivity index (χ1) is 8.42. The van der Waals surface area contributed by atoms with Crippen LogP contribution in [0.15, 0.2) is 10.7 Å². The first kappa shape index (κ1) is 14.1. The summed E-state index contributed by atoms with van der Waals surface area (Å²) in [5, 5.41) is 8.30. The zero-order valence-electron chi connectivity index (χ0n) is 11.9. The molecule has 1 N–H and O–H groups in total. The molecule has 3 nitrogen and oxygen atoms in total. The van der Waals surface area contributed by atoms with E-state index in [2.05, 4.69) is 58.7 Å². The number of rotatable bonds is 3. The Morgan fingerprint density at radius 2 is 2.22 bits per heavy atom. The van der Waals surface area contributed by atoms with Gasteiger partial charge in [0.05, 0.1) is 21.9 Å². The van der Waals surface area contributed by atoms with Crippen molar-refractivity contribution in [1.82, 2.24) is 15.1 Å². The molecule has 1 aromatic heterocycles. The van der Waals surface area contributed by atoms with E-state index in [1.165, 1.54) is 18.5 Å². The molecule has 0 bridgehead atoms. The van der Waals surface area contributed by atoms with Crippen molar-refractivity contribution in [3.05, 3.63) is 16.4 Å². The molecule has 0 aliphatic carbocycles. The van der Waals surface area contributed by atoms with Gasteiger partial charge in [-0.25, -0.2) is 0 Å². The molecule has 0 amide bonds. The average molecular weight is 314 g/mol. The number of halogens is 1. The minimum absolute atomic E-state index is 0.0392. The van der Waals surface area contributed by atoms with Gasteiger partial charge in [-0.05, 0) is 47.2 Å². The maximum Gasteiger partial charge on any atom is 0.0732 e. The van der Waals surface area contributed by atoms with Gasteiger partial charge in [-0.1, -0.05) is 27.7 Å². The quantitative estimate of drug-likeness (QED) is 0.922. The van der Waals surface area contributed by atoms with Crippen molar-refractivity contribution in [2.45, 2.75) is 59.0 Å². The maximum atomic E-state index is 4.54. The Morgan fingerprint density at radius 3 is 2.72 bits per heavy atom. The molecule has 0 spiro atoms. The van der Waals surface area contributed by atoms with Crippen molar-refractivity contribution in [3.8, 4) is 0 Å². The Bertz CT molecular complexity index is 411. The summed E-state index contributed by atoms with van der Waals surface area (Å²) >= 11 is 3.70. The minimum Gasteiger partial charge on any atom is -0.306 e. The molecule has 4 heteroatoms. The summed E-state index contributed by atoms with van der Waals surface area (Å²) in [7, 11) is 0. The molecule has 0 radical (unpaired) electrons. The molecule has 18 heavy (non-hydrogen) atoms. The molecule has 1 aliphatic heterocycles. The average Bonchev–Trinajstić information content (AvgIpc) is 2.86. The van der Waals surface area contributed by atoms with E-state index >= 15 is 0 Å². The van der Waals surface area contributed by atoms with Crippen LogP contribution in [-0.2, 0) is 12.1 Å². The molecule has 1 saturated heterocycles. The first-order valence-corrected chi connectivity index (χ1v) is 7.68. The highest BCUT2D eigenvalue weighted by Gasteiger charge is 2.48. The molecule has 1 unspecified atom stereocenters. The number of hydrogen-bond acceptors (Lipinski definition) is 2. The Morgan fingerprint density at radius 1 is 1.50 bits per heavy atom. The van der Waals surface area contributed by atoms with Gasteiger partial charge < -0.3 is 5.32 Å². The second kappa shape index (κ2) is 4.97. The fourth-order valence-electron chi connectivity index (χ4n) is 3.11. The SMILES string of the molecule is CCCn1ncc(Br)c1C1(C(C)(C)C)CCCN1. The number of aromatic nitrogens is 2. The minimum atomic E-state index is 0.0392. The smallest absolute Gasteiger partial charge is 0.0732 e. The summed E-state index contributed by atoms with van der Waals surface area (Å²) < 4.78 is 3.31. The Labute approximate surface area is 118 Å². The molecular weight excluding hydrogens is 290 g/mol. The normalized spacial score (nSPS) is 24.7. The van der Waals surface area contributed by atoms with Gasteiger partial charge in [-0.15, -0.1) is 0 Å². The van der Waals surface area contributed by atoms with Crippen LogP contribution >= 0.6 is 15.9 Å². The summed E-state index contributed by atoms with van der Waals surface area (Å²) in [6.07, 6.45) is 5.48. The summed E-state index contributed by atoms with van der Waals surface area (Å²) in [6.45, 7) is 11.2. The lowest BCUT2D eigenvalue weighted by atomic mass is 9.70. The summed E-state index contributed by atoms with van der Waals surface area (Å²) in [4.78, 5) is 0. The summed E-state index contributed by atoms with van der Waals surface area (Å²) in [6, 6.07) is 0. The topological polar surface area (TPSA) is 29.9 Å². The van der Waals surface area contributed by atoms with Gasteiger partial charge in [0, 0.05) is 6.54 Å². The van der Waals surface area contributed by atoms with Crippen molar-refractivity contribution in [2.75, 3.05) is 6.54 Å². The van der Waals surface area contributed by atoms with Gasteiger partial charge in [0.2, 0.25) is 0 Å². The van der Waals surface area contributed by atoms with Gasteiger partial charge in [0.25, 0.3) is 0 Å². The van der Waals surface area contributed by atoms with E-state index in [1.54, 1.807) is 0 Å². The molecule has 1 fully saturated rings. The lowest BCUT2D eigenvalue weighted by Crippen LogP contribution is -2.49. The van der Waals surface area contributed by atoms with Gasteiger partial charge in [-0.3, -0.25) is 4.68 Å². The molecule has 2 heterocycles. The highest BCUT2D eigenvalue weighted by Crippen LogP contribution is 2.47. The molecule has 0 aromatic carbocycles. The second-order valence-electron chi connectivity index (χ2n) is 6.25. The molecule has 102 valence electrons. The van der Waals surface area contributed by atoms with E-state index in [4.69, 9.17) is 0 Å². The first-order valence-electron chi connectivity index (χ1n) is 6.89. The van der Waals surface area contributed by atoms with Crippen LogP contribution in [0, 0.1) is 5.41 Å². The van der Waals surface area contributed by atoms with E-state index < -0.39 is 0 Å². The zero-order valence-corrected chi connectivity index (χ0v) is 13.5. The van der Waals surface area contributed by atoms with Crippen molar-refractivity contribution in [2.24, 2.45) is 5.41 Å². The molecule has 1 aliphatic rings. The monoisotopic (exact) mass is 313 g/mol. The predicted molar refractivity (Wildman–Crippen MR) is 78.6 cm³/mol. The summed E-state index contributed by atoms with van der Waals surface area (Å²) in [5.41, 5.74) is 1.55. The Hall–Kier alpha value is -0.350. The van der Waals surface area contributed by atoms with E-state index in [0.29, 0.717) is 0 Å². The number of hydrogen-bond donors (Lipinski definition) is 1. The Kier molecular flexibility index (Phi) is 3.88. The zero-order chi connectivity index (χ0) is 13.4. The third-order valence-electron chi connectivity index (χ3n) is 4.07. The van der Waals surface area contributed by atoms with E-state index in [-0.39, 0.29) is 11.0 Å². The van der Waals surface area contributed by atoms with Crippen LogP contribution < -0.4 is 5.32 Å². The van der Waals surface area contributed by atoms with Crippen LogP contribution in [0.2, 0.25) is 0 Å². The van der Waals surface area contributed by atoms with Gasteiger partial charge in [-0.2, -0.15) is 5.10 Å². The maximum absolute atomic E-state index is 4.54. The number of nitrogens with zero attached hydrogens (tertiary/aromatic N) is 2. The van der Waals surface area contributed by atoms with Crippen LogP contribution in [0.4, 0.5) is 0 Å². The fourth-order valence-corrected chi connectivity index (χ4v) is 3.74. The van der Waals surface area contributed by atoms with Crippen molar-refractivity contribution >= 4 is 15.9 Å². The molecule has 0 saturated carbocycles. The second-order valence-corrected chi connectivity index (χ2v) is 7.10. The van der Waals surface area contributed by atoms with Crippen molar-refractivity contribution in [1.29, 1.82) is 0 Å². The fraction of sp³-hybridized carbons (Fsp3) is 0.786. The highest BCUT2D eigenvalue weighted by atomic mass is 79.9. The molecule has 2 rings (SSSR count).